The van der Waals surface area contributed by atoms with Crippen molar-refractivity contribution < 1.29 is 53.5 Å². The minimum absolute atomic E-state index is 0.0406. The van der Waals surface area contributed by atoms with Gasteiger partial charge in [-0.05, 0) is 24.8 Å². The number of pyridine rings is 1. The summed E-state index contributed by atoms with van der Waals surface area (Å²) in [6, 6.07) is 1.21. The van der Waals surface area contributed by atoms with Gasteiger partial charge in [-0.15, -0.1) is 0 Å². The molecule has 1 saturated carbocycles. The van der Waals surface area contributed by atoms with E-state index in [1.54, 1.807) is 0 Å². The number of nitrogens with zero attached hydrogens (tertiary/aromatic N) is 3. The second kappa shape index (κ2) is 7.81. The molecule has 3 rings (SSSR count). The minimum Gasteiger partial charge on any atom is -0.323 e. The molecule has 0 amide bonds. The highest BCUT2D eigenvalue weighted by molar-refractivity contribution is 7.91. The molecule has 1 aliphatic carbocycles. The molecule has 0 radical (unpaired) electrons. The van der Waals surface area contributed by atoms with Crippen LogP contribution in [0.2, 0.25) is 0 Å². The van der Waals surface area contributed by atoms with Crippen molar-refractivity contribution in [2.24, 2.45) is 7.05 Å². The Balaban J connectivity index is 2.22. The van der Waals surface area contributed by atoms with Crippen LogP contribution in [0.5, 0.6) is 0 Å². The van der Waals surface area contributed by atoms with Crippen molar-refractivity contribution in [3.05, 3.63) is 29.7 Å². The van der Waals surface area contributed by atoms with Gasteiger partial charge >= 0.3 is 23.7 Å². The molecule has 1 fully saturated rings. The predicted molar refractivity (Wildman–Crippen MR) is 95.5 cm³/mol. The molecule has 0 aromatic carbocycles. The van der Waals surface area contributed by atoms with E-state index in [4.69, 9.17) is 0 Å². The van der Waals surface area contributed by atoms with Crippen LogP contribution in [0.1, 0.15) is 43.1 Å². The monoisotopic (exact) mass is 508 g/mol. The summed E-state index contributed by atoms with van der Waals surface area (Å²) in [6.45, 7) is 1.27. The van der Waals surface area contributed by atoms with Crippen molar-refractivity contribution >= 4 is 9.84 Å². The van der Waals surface area contributed by atoms with Gasteiger partial charge in [0, 0.05) is 17.3 Å². The maximum Gasteiger partial charge on any atom is 0.434 e. The summed E-state index contributed by atoms with van der Waals surface area (Å²) in [5, 5.41) is 10.4. The molecule has 0 spiro atoms. The Kier molecular flexibility index (Phi) is 5.96. The van der Waals surface area contributed by atoms with E-state index in [1.165, 1.54) is 13.0 Å². The third-order valence-corrected chi connectivity index (χ3v) is 7.21. The first-order valence-electron chi connectivity index (χ1n) is 9.47. The Bertz CT molecular complexity index is 1160. The Hall–Kier alpha value is -2.45. The van der Waals surface area contributed by atoms with E-state index in [-0.39, 0.29) is 12.1 Å². The maximum atomic E-state index is 14.6. The smallest absolute Gasteiger partial charge is 0.323 e. The van der Waals surface area contributed by atoms with Gasteiger partial charge in [0.1, 0.15) is 4.90 Å². The molecule has 1 unspecified atom stereocenters. The second-order valence-corrected chi connectivity index (χ2v) is 9.89. The fourth-order valence-electron chi connectivity index (χ4n) is 3.35. The predicted octanol–water partition coefficient (Wildman–Crippen LogP) is 4.13. The number of alkyl halides is 8. The highest BCUT2D eigenvalue weighted by Gasteiger charge is 2.77. The molecule has 1 N–H and O–H groups in total. The Morgan fingerprint density at radius 1 is 1.18 bits per heavy atom. The number of sulfone groups is 1. The van der Waals surface area contributed by atoms with Gasteiger partial charge < -0.3 is 4.57 Å². The number of imidazole rings is 1. The highest BCUT2D eigenvalue weighted by Crippen LogP contribution is 2.54. The lowest BCUT2D eigenvalue weighted by Gasteiger charge is -2.32. The molecular weight excluding hydrogens is 490 g/mol. The molecule has 0 aliphatic heterocycles. The number of aromatic nitrogens is 3. The lowest BCUT2D eigenvalue weighted by Crippen LogP contribution is -2.56. The lowest BCUT2D eigenvalue weighted by molar-refractivity contribution is -0.897. The average Bonchev–Trinajstić information content (AvgIpc) is 3.47. The van der Waals surface area contributed by atoms with E-state index in [0.29, 0.717) is 27.7 Å². The first kappa shape index (κ1) is 25.2. The van der Waals surface area contributed by atoms with Crippen LogP contribution in [0.3, 0.4) is 0 Å². The Labute approximate surface area is 182 Å². The minimum atomic E-state index is -6.66. The van der Waals surface area contributed by atoms with Gasteiger partial charge in [-0.25, -0.2) is 22.2 Å². The second-order valence-electron chi connectivity index (χ2n) is 7.64. The van der Waals surface area contributed by atoms with Crippen LogP contribution >= 0.6 is 0 Å². The molecule has 2 aromatic heterocycles. The Morgan fingerprint density at radius 3 is 2.18 bits per heavy atom. The summed E-state index contributed by atoms with van der Waals surface area (Å²) in [5.41, 5.74) is -7.91. The maximum absolute atomic E-state index is 14.6. The first-order valence-corrected chi connectivity index (χ1v) is 11.1. The lowest BCUT2D eigenvalue weighted by atomic mass is 9.96. The summed E-state index contributed by atoms with van der Waals surface area (Å²) in [6.07, 6.45) is -14.8. The molecule has 33 heavy (non-hydrogen) atoms. The van der Waals surface area contributed by atoms with Crippen molar-refractivity contribution in [2.45, 2.75) is 54.8 Å². The van der Waals surface area contributed by atoms with Crippen LogP contribution < -0.4 is 4.73 Å². The topological polar surface area (TPSA) is 76.1 Å². The zero-order valence-electron chi connectivity index (χ0n) is 17.0. The van der Waals surface area contributed by atoms with Crippen molar-refractivity contribution in [3.8, 4) is 11.5 Å². The highest BCUT2D eigenvalue weighted by atomic mass is 32.2. The van der Waals surface area contributed by atoms with Gasteiger partial charge in [-0.3, -0.25) is 5.21 Å². The summed E-state index contributed by atoms with van der Waals surface area (Å²) in [4.78, 5) is 3.01. The average molecular weight is 508 g/mol. The summed E-state index contributed by atoms with van der Waals surface area (Å²) < 4.78 is 132. The van der Waals surface area contributed by atoms with Crippen molar-refractivity contribution in [3.63, 3.8) is 0 Å². The van der Waals surface area contributed by atoms with E-state index >= 15 is 0 Å². The molecule has 15 heteroatoms. The van der Waals surface area contributed by atoms with Gasteiger partial charge in [0.2, 0.25) is 12.0 Å². The first-order chi connectivity index (χ1) is 15.0. The molecule has 1 atom stereocenters. The molecule has 1 aliphatic rings. The SMILES string of the molecule is CCS(=O)(=O)c1cc(C2CC2)c[n+](O)c1-c1ncc(C(F)C(F)(C(F)(F)F)C(F)(F)F)n1C. The van der Waals surface area contributed by atoms with E-state index < -0.39 is 61.9 Å². The van der Waals surface area contributed by atoms with Gasteiger partial charge in [0.05, 0.1) is 17.6 Å². The third kappa shape index (κ3) is 4.04. The fraction of sp³-hybridized carbons (Fsp3) is 0.556. The molecule has 0 bridgehead atoms. The van der Waals surface area contributed by atoms with E-state index in [1.807, 2.05) is 0 Å². The zero-order chi connectivity index (χ0) is 25.1. The molecular formula is C18H18F8N3O3S+. The third-order valence-electron chi connectivity index (χ3n) is 5.47. The van der Waals surface area contributed by atoms with Crippen LogP contribution in [-0.4, -0.2) is 47.0 Å². The normalized spacial score (nSPS) is 16.8. The molecule has 184 valence electrons. The number of rotatable bonds is 6. The van der Waals surface area contributed by atoms with Crippen LogP contribution in [0.4, 0.5) is 35.1 Å². The summed E-state index contributed by atoms with van der Waals surface area (Å²) >= 11 is 0. The van der Waals surface area contributed by atoms with Gasteiger partial charge in [-0.2, -0.15) is 26.3 Å². The van der Waals surface area contributed by atoms with Gasteiger partial charge in [-0.1, -0.05) is 6.92 Å². The molecule has 2 aromatic rings. The fourth-order valence-corrected chi connectivity index (χ4v) is 4.46. The molecule has 2 heterocycles. The van der Waals surface area contributed by atoms with Crippen LogP contribution in [0, 0.1) is 0 Å². The quantitative estimate of drug-likeness (QED) is 0.362. The summed E-state index contributed by atoms with van der Waals surface area (Å²) in [7, 11) is -3.32. The number of hydrogen-bond acceptors (Lipinski definition) is 4. The largest absolute Gasteiger partial charge is 0.434 e. The van der Waals surface area contributed by atoms with Crippen molar-refractivity contribution in [2.75, 3.05) is 5.75 Å². The standard InChI is InChI=1S/C18H18F8N3O3S/c1-3-33(31,32)12-6-10(9-4-5-9)8-29(30)13(12)15-27-7-11(28(15)2)14(19)16(20,17(21,22)23)18(24,25)26/h6-9,14,30H,3-5H2,1-2H3/q+1. The zero-order valence-corrected chi connectivity index (χ0v) is 17.9. The Morgan fingerprint density at radius 2 is 1.73 bits per heavy atom. The van der Waals surface area contributed by atoms with E-state index in [0.717, 1.165) is 13.2 Å². The van der Waals surface area contributed by atoms with Crippen molar-refractivity contribution in [1.82, 2.24) is 9.55 Å². The summed E-state index contributed by atoms with van der Waals surface area (Å²) in [5.74, 6) is -1.19. The van der Waals surface area contributed by atoms with E-state index in [2.05, 4.69) is 4.98 Å². The van der Waals surface area contributed by atoms with Crippen molar-refractivity contribution in [1.29, 1.82) is 0 Å². The van der Waals surface area contributed by atoms with E-state index in [9.17, 15) is 48.7 Å². The van der Waals surface area contributed by atoms with Gasteiger partial charge in [0.15, 0.2) is 16.0 Å². The number of halogens is 8. The van der Waals surface area contributed by atoms with Gasteiger partial charge in [0.25, 0.3) is 0 Å². The van der Waals surface area contributed by atoms with Crippen LogP contribution in [-0.2, 0) is 16.9 Å². The number of hydrogen-bond donors (Lipinski definition) is 1. The molecule has 0 saturated heterocycles. The molecule has 6 nitrogen and oxygen atoms in total. The van der Waals surface area contributed by atoms with Crippen LogP contribution in [0.15, 0.2) is 23.4 Å². The van der Waals surface area contributed by atoms with Crippen LogP contribution in [0.25, 0.3) is 11.5 Å².